The molecule has 1 aromatic heterocycles. The van der Waals surface area contributed by atoms with Gasteiger partial charge in [0.15, 0.2) is 5.13 Å². The molecule has 1 saturated heterocycles. The molecule has 0 unspecified atom stereocenters. The molecule has 1 fully saturated rings. The first-order chi connectivity index (χ1) is 15.7. The van der Waals surface area contributed by atoms with Crippen molar-refractivity contribution in [2.24, 2.45) is 5.73 Å². The zero-order valence-electron chi connectivity index (χ0n) is 20.7. The highest BCUT2D eigenvalue weighted by molar-refractivity contribution is 7.14. The van der Waals surface area contributed by atoms with Crippen LogP contribution in [0.2, 0.25) is 0 Å². The maximum Gasteiger partial charge on any atom is 0.217 e. The average molecular weight is 469 g/mol. The van der Waals surface area contributed by atoms with Crippen LogP contribution in [0.25, 0.3) is 11.3 Å². The fourth-order valence-corrected chi connectivity index (χ4v) is 6.18. The van der Waals surface area contributed by atoms with Crippen molar-refractivity contribution in [2.45, 2.75) is 89.5 Å². The van der Waals surface area contributed by atoms with Crippen LogP contribution in [0.15, 0.2) is 23.6 Å². The standard InChI is InChI=1S/C27H40N4OS/c1-26(2)12-13-27(3,4)22-17-19(8-9-21(22)26)23-18-33-25(30-23)31-15-10-20(11-16-31)29-14-6-5-7-24(28)32/h8-9,17-18,20,29H,5-7,10-16H2,1-4H3,(H2,28,32). The number of fused-ring (bicyclic) bond motifs is 1. The molecule has 3 N–H and O–H groups in total. The SMILES string of the molecule is CC1(C)CCC(C)(C)c2cc(-c3csc(N4CCC(NCCCCC(N)=O)CC4)n3)ccc21. The number of benzene rings is 1. The van der Waals surface area contributed by atoms with E-state index in [1.807, 2.05) is 0 Å². The second-order valence-electron chi connectivity index (χ2n) is 11.2. The van der Waals surface area contributed by atoms with Crippen molar-refractivity contribution in [1.82, 2.24) is 10.3 Å². The highest BCUT2D eigenvalue weighted by Crippen LogP contribution is 2.47. The van der Waals surface area contributed by atoms with Gasteiger partial charge in [-0.25, -0.2) is 4.98 Å². The minimum absolute atomic E-state index is 0.200. The summed E-state index contributed by atoms with van der Waals surface area (Å²) in [7, 11) is 0. The monoisotopic (exact) mass is 468 g/mol. The van der Waals surface area contributed by atoms with Crippen molar-refractivity contribution >= 4 is 22.4 Å². The Labute approximate surface area is 203 Å². The van der Waals surface area contributed by atoms with Gasteiger partial charge in [0.2, 0.25) is 5.91 Å². The third-order valence-electron chi connectivity index (χ3n) is 7.69. The van der Waals surface area contributed by atoms with Crippen LogP contribution in [0, 0.1) is 0 Å². The molecule has 33 heavy (non-hydrogen) atoms. The van der Waals surface area contributed by atoms with Gasteiger partial charge in [0, 0.05) is 36.5 Å². The summed E-state index contributed by atoms with van der Waals surface area (Å²) >= 11 is 1.77. The van der Waals surface area contributed by atoms with Gasteiger partial charge in [-0.1, -0.05) is 39.8 Å². The predicted molar refractivity (Wildman–Crippen MR) is 139 cm³/mol. The highest BCUT2D eigenvalue weighted by atomic mass is 32.1. The number of nitrogens with one attached hydrogen (secondary N) is 1. The first-order valence-electron chi connectivity index (χ1n) is 12.5. The van der Waals surface area contributed by atoms with Crippen LogP contribution in [0.4, 0.5) is 5.13 Å². The van der Waals surface area contributed by atoms with E-state index in [4.69, 9.17) is 10.7 Å². The number of anilines is 1. The number of rotatable bonds is 8. The number of nitrogens with two attached hydrogens (primary N) is 1. The number of unbranched alkanes of at least 4 members (excludes halogenated alkanes) is 1. The van der Waals surface area contributed by atoms with Crippen molar-refractivity contribution in [1.29, 1.82) is 0 Å². The maximum absolute atomic E-state index is 10.8. The molecular weight excluding hydrogens is 428 g/mol. The van der Waals surface area contributed by atoms with Crippen molar-refractivity contribution in [3.63, 3.8) is 0 Å². The molecule has 1 aliphatic heterocycles. The number of thiazole rings is 1. The van der Waals surface area contributed by atoms with Crippen molar-refractivity contribution in [2.75, 3.05) is 24.5 Å². The first kappa shape index (κ1) is 24.2. The van der Waals surface area contributed by atoms with Gasteiger partial charge in [-0.05, 0) is 73.1 Å². The summed E-state index contributed by atoms with van der Waals surface area (Å²) < 4.78 is 0. The summed E-state index contributed by atoms with van der Waals surface area (Å²) in [5.41, 5.74) is 11.0. The van der Waals surface area contributed by atoms with Gasteiger partial charge in [0.05, 0.1) is 5.69 Å². The summed E-state index contributed by atoms with van der Waals surface area (Å²) in [5, 5.41) is 7.01. The molecule has 1 aliphatic carbocycles. The molecule has 1 aromatic carbocycles. The molecule has 2 aliphatic rings. The molecule has 5 nitrogen and oxygen atoms in total. The van der Waals surface area contributed by atoms with Gasteiger partial charge in [0.25, 0.3) is 0 Å². The minimum atomic E-state index is -0.200. The van der Waals surface area contributed by atoms with E-state index in [-0.39, 0.29) is 16.7 Å². The summed E-state index contributed by atoms with van der Waals surface area (Å²) in [6.45, 7) is 12.6. The fourth-order valence-electron chi connectivity index (χ4n) is 5.30. The Balaban J connectivity index is 1.36. The van der Waals surface area contributed by atoms with E-state index in [1.165, 1.54) is 29.5 Å². The maximum atomic E-state index is 10.8. The van der Waals surface area contributed by atoms with Gasteiger partial charge in [-0.3, -0.25) is 4.79 Å². The van der Waals surface area contributed by atoms with Crippen LogP contribution in [-0.2, 0) is 15.6 Å². The Kier molecular flexibility index (Phi) is 7.15. The number of nitrogens with zero attached hydrogens (tertiary/aromatic N) is 2. The lowest BCUT2D eigenvalue weighted by atomic mass is 9.63. The number of aromatic nitrogens is 1. The quantitative estimate of drug-likeness (QED) is 0.511. The molecule has 2 aromatic rings. The Morgan fingerprint density at radius 3 is 2.52 bits per heavy atom. The van der Waals surface area contributed by atoms with Crippen LogP contribution in [-0.4, -0.2) is 36.6 Å². The number of amides is 1. The summed E-state index contributed by atoms with van der Waals surface area (Å²) in [6.07, 6.45) is 7.11. The number of primary amides is 1. The summed E-state index contributed by atoms with van der Waals surface area (Å²) in [5.74, 6) is -0.200. The molecule has 6 heteroatoms. The molecule has 0 radical (unpaired) electrons. The van der Waals surface area contributed by atoms with Gasteiger partial charge in [-0.15, -0.1) is 11.3 Å². The highest BCUT2D eigenvalue weighted by Gasteiger charge is 2.37. The van der Waals surface area contributed by atoms with E-state index < -0.39 is 0 Å². The van der Waals surface area contributed by atoms with Gasteiger partial charge in [-0.2, -0.15) is 0 Å². The lowest BCUT2D eigenvalue weighted by Crippen LogP contribution is -2.42. The Morgan fingerprint density at radius 1 is 1.12 bits per heavy atom. The third kappa shape index (κ3) is 5.60. The van der Waals surface area contributed by atoms with E-state index in [9.17, 15) is 4.79 Å². The van der Waals surface area contributed by atoms with E-state index >= 15 is 0 Å². The number of carbonyl (C=O) groups excluding carboxylic acids is 1. The number of hydrogen-bond donors (Lipinski definition) is 2. The zero-order valence-corrected chi connectivity index (χ0v) is 21.6. The molecule has 0 bridgehead atoms. The van der Waals surface area contributed by atoms with E-state index in [0.717, 1.165) is 56.1 Å². The largest absolute Gasteiger partial charge is 0.370 e. The van der Waals surface area contributed by atoms with Crippen LogP contribution in [0.1, 0.15) is 83.8 Å². The van der Waals surface area contributed by atoms with E-state index in [2.05, 4.69) is 61.5 Å². The van der Waals surface area contributed by atoms with Crippen molar-refractivity contribution in [3.8, 4) is 11.3 Å². The van der Waals surface area contributed by atoms with E-state index in [1.54, 1.807) is 11.3 Å². The molecule has 0 saturated carbocycles. The Morgan fingerprint density at radius 2 is 1.82 bits per heavy atom. The molecule has 0 atom stereocenters. The normalized spacial score (nSPS) is 19.9. The van der Waals surface area contributed by atoms with Crippen LogP contribution >= 0.6 is 11.3 Å². The third-order valence-corrected chi connectivity index (χ3v) is 8.59. The fraction of sp³-hybridized carbons (Fsp3) is 0.630. The van der Waals surface area contributed by atoms with Crippen LogP contribution in [0.3, 0.4) is 0 Å². The summed E-state index contributed by atoms with van der Waals surface area (Å²) in [4.78, 5) is 18.3. The molecule has 180 valence electrons. The topological polar surface area (TPSA) is 71.2 Å². The second-order valence-corrected chi connectivity index (χ2v) is 12.0. The van der Waals surface area contributed by atoms with Gasteiger partial charge in [0.1, 0.15) is 0 Å². The van der Waals surface area contributed by atoms with E-state index in [0.29, 0.717) is 12.5 Å². The number of piperidine rings is 1. The number of carbonyl (C=O) groups is 1. The lowest BCUT2D eigenvalue weighted by Gasteiger charge is -2.42. The lowest BCUT2D eigenvalue weighted by molar-refractivity contribution is -0.118. The summed E-state index contributed by atoms with van der Waals surface area (Å²) in [6, 6.07) is 7.59. The van der Waals surface area contributed by atoms with Gasteiger partial charge < -0.3 is 16.0 Å². The number of hydrogen-bond acceptors (Lipinski definition) is 5. The smallest absolute Gasteiger partial charge is 0.217 e. The van der Waals surface area contributed by atoms with Crippen molar-refractivity contribution in [3.05, 3.63) is 34.7 Å². The second kappa shape index (κ2) is 9.75. The molecule has 2 heterocycles. The molecule has 0 spiro atoms. The molecule has 1 amide bonds. The predicted octanol–water partition coefficient (Wildman–Crippen LogP) is 5.37. The molecular formula is C27H40N4OS. The van der Waals surface area contributed by atoms with Crippen LogP contribution in [0.5, 0.6) is 0 Å². The Bertz CT molecular complexity index is 972. The van der Waals surface area contributed by atoms with Crippen LogP contribution < -0.4 is 16.0 Å². The van der Waals surface area contributed by atoms with Gasteiger partial charge >= 0.3 is 0 Å². The Hall–Kier alpha value is -1.92. The van der Waals surface area contributed by atoms with Crippen molar-refractivity contribution < 1.29 is 4.79 Å². The molecule has 4 rings (SSSR count). The average Bonchev–Trinajstić information content (AvgIpc) is 3.27. The first-order valence-corrected chi connectivity index (χ1v) is 13.4. The zero-order chi connectivity index (χ0) is 23.6. The minimum Gasteiger partial charge on any atom is -0.370 e.